The van der Waals surface area contributed by atoms with Crippen molar-refractivity contribution in [3.63, 3.8) is 0 Å². The van der Waals surface area contributed by atoms with Crippen LogP contribution in [0.25, 0.3) is 0 Å². The second-order valence-corrected chi connectivity index (χ2v) is 11.8. The normalized spacial score (nSPS) is 25.0. The van der Waals surface area contributed by atoms with Crippen LogP contribution in [0.3, 0.4) is 0 Å². The molecular formula is C30H42N2. The van der Waals surface area contributed by atoms with Gasteiger partial charge in [0.25, 0.3) is 0 Å². The summed E-state index contributed by atoms with van der Waals surface area (Å²) in [5.74, 6) is 1.18. The van der Waals surface area contributed by atoms with Gasteiger partial charge < -0.3 is 0 Å². The third kappa shape index (κ3) is 3.46. The van der Waals surface area contributed by atoms with Gasteiger partial charge in [0.2, 0.25) is 0 Å². The Morgan fingerprint density at radius 3 is 2.25 bits per heavy atom. The van der Waals surface area contributed by atoms with Gasteiger partial charge in [-0.25, -0.2) is 0 Å². The average molecular weight is 431 g/mol. The van der Waals surface area contributed by atoms with E-state index in [1.807, 2.05) is 0 Å². The molecule has 3 atom stereocenters. The van der Waals surface area contributed by atoms with E-state index in [1.165, 1.54) is 36.0 Å². The Morgan fingerprint density at radius 1 is 0.875 bits per heavy atom. The average Bonchev–Trinajstić information content (AvgIpc) is 3.40. The zero-order valence-corrected chi connectivity index (χ0v) is 21.3. The highest BCUT2D eigenvalue weighted by Crippen LogP contribution is 2.54. The van der Waals surface area contributed by atoms with Crippen molar-refractivity contribution in [3.05, 3.63) is 69.8 Å². The van der Waals surface area contributed by atoms with Crippen LogP contribution in [0.2, 0.25) is 0 Å². The van der Waals surface area contributed by atoms with Crippen LogP contribution in [-0.2, 0) is 12.1 Å². The molecule has 0 saturated carbocycles. The van der Waals surface area contributed by atoms with Crippen LogP contribution in [0, 0.1) is 0 Å². The number of hydrogen-bond donors (Lipinski definition) is 0. The van der Waals surface area contributed by atoms with E-state index < -0.39 is 0 Å². The van der Waals surface area contributed by atoms with Crippen molar-refractivity contribution in [2.75, 3.05) is 6.54 Å². The molecule has 3 heterocycles. The summed E-state index contributed by atoms with van der Waals surface area (Å²) in [7, 11) is 0. The maximum Gasteiger partial charge on any atom is 0.0411 e. The zero-order chi connectivity index (χ0) is 22.8. The Kier molecular flexibility index (Phi) is 5.54. The first kappa shape index (κ1) is 22.2. The van der Waals surface area contributed by atoms with E-state index in [1.54, 1.807) is 16.7 Å². The van der Waals surface area contributed by atoms with Gasteiger partial charge in [-0.15, -0.1) is 0 Å². The number of fused-ring (bicyclic) bond motifs is 6. The molecule has 3 unspecified atom stereocenters. The zero-order valence-electron chi connectivity index (χ0n) is 21.3. The lowest BCUT2D eigenvalue weighted by Gasteiger charge is -2.33. The maximum atomic E-state index is 2.76. The fourth-order valence-corrected chi connectivity index (χ4v) is 6.78. The molecule has 3 aliphatic rings. The van der Waals surface area contributed by atoms with Crippen LogP contribution in [-0.4, -0.2) is 22.4 Å². The first-order valence-corrected chi connectivity index (χ1v) is 13.0. The van der Waals surface area contributed by atoms with Crippen molar-refractivity contribution in [2.24, 2.45) is 0 Å². The van der Waals surface area contributed by atoms with E-state index >= 15 is 0 Å². The van der Waals surface area contributed by atoms with Gasteiger partial charge in [0.05, 0.1) is 0 Å². The van der Waals surface area contributed by atoms with Crippen LogP contribution >= 0.6 is 0 Å². The lowest BCUT2D eigenvalue weighted by molar-refractivity contribution is 0.132. The molecule has 2 bridgehead atoms. The van der Waals surface area contributed by atoms with Crippen molar-refractivity contribution in [1.82, 2.24) is 9.80 Å². The number of benzene rings is 2. The number of nitrogens with zero attached hydrogens (tertiary/aromatic N) is 2. The summed E-state index contributed by atoms with van der Waals surface area (Å²) in [6.45, 7) is 18.8. The monoisotopic (exact) mass is 430 g/mol. The molecule has 2 aromatic rings. The van der Waals surface area contributed by atoms with E-state index in [9.17, 15) is 0 Å². The van der Waals surface area contributed by atoms with Crippen LogP contribution in [0.15, 0.2) is 36.4 Å². The SMILES string of the molecule is CC(C)c1ccc2c(c1)C(C)(C)N(CCC(C)c1ccc3c(c1)C1CCC3N1C(C)C)C2. The van der Waals surface area contributed by atoms with Gasteiger partial charge >= 0.3 is 0 Å². The highest BCUT2D eigenvalue weighted by atomic mass is 15.3. The van der Waals surface area contributed by atoms with Gasteiger partial charge in [-0.3, -0.25) is 9.80 Å². The second kappa shape index (κ2) is 7.99. The third-order valence-corrected chi connectivity index (χ3v) is 8.87. The number of rotatable bonds is 6. The van der Waals surface area contributed by atoms with Crippen molar-refractivity contribution >= 4 is 0 Å². The van der Waals surface area contributed by atoms with Crippen molar-refractivity contribution in [3.8, 4) is 0 Å². The standard InChI is InChI=1S/C30H42N2/c1-19(2)22-8-9-24-18-31(30(6,7)27(24)17-22)15-14-21(5)23-10-11-25-26(16-23)29-13-12-28(25)32(29)20(3)4/h8-11,16-17,19-21,28-29H,12-15,18H2,1-7H3. The first-order valence-electron chi connectivity index (χ1n) is 13.0. The van der Waals surface area contributed by atoms with Crippen LogP contribution in [0.5, 0.6) is 0 Å². The van der Waals surface area contributed by atoms with E-state index in [4.69, 9.17) is 0 Å². The van der Waals surface area contributed by atoms with Crippen LogP contribution < -0.4 is 0 Å². The molecule has 2 aromatic carbocycles. The van der Waals surface area contributed by atoms with Gasteiger partial charge in [-0.2, -0.15) is 0 Å². The fourth-order valence-electron chi connectivity index (χ4n) is 6.78. The van der Waals surface area contributed by atoms with Gasteiger partial charge in [0, 0.05) is 30.2 Å². The summed E-state index contributed by atoms with van der Waals surface area (Å²) in [5, 5.41) is 0. The highest BCUT2D eigenvalue weighted by molar-refractivity contribution is 5.44. The molecule has 0 N–H and O–H groups in total. The minimum absolute atomic E-state index is 0.120. The third-order valence-electron chi connectivity index (χ3n) is 8.87. The van der Waals surface area contributed by atoms with E-state index in [0.29, 0.717) is 30.0 Å². The van der Waals surface area contributed by atoms with Crippen LogP contribution in [0.4, 0.5) is 0 Å². The predicted molar refractivity (Wildman–Crippen MR) is 135 cm³/mol. The van der Waals surface area contributed by atoms with E-state index in [0.717, 1.165) is 13.1 Å². The fraction of sp³-hybridized carbons (Fsp3) is 0.600. The molecule has 2 heteroatoms. The molecular weight excluding hydrogens is 388 g/mol. The second-order valence-electron chi connectivity index (χ2n) is 11.8. The topological polar surface area (TPSA) is 6.48 Å². The Balaban J connectivity index is 1.29. The molecule has 0 aromatic heterocycles. The smallest absolute Gasteiger partial charge is 0.0411 e. The summed E-state index contributed by atoms with van der Waals surface area (Å²) < 4.78 is 0. The highest BCUT2D eigenvalue weighted by Gasteiger charge is 2.45. The quantitative estimate of drug-likeness (QED) is 0.464. The minimum atomic E-state index is 0.120. The van der Waals surface area contributed by atoms with E-state index in [-0.39, 0.29) is 5.54 Å². The Hall–Kier alpha value is -1.64. The largest absolute Gasteiger partial charge is 0.290 e. The molecule has 1 saturated heterocycles. The summed E-state index contributed by atoms with van der Waals surface area (Å²) in [4.78, 5) is 5.46. The molecule has 3 aliphatic heterocycles. The van der Waals surface area contributed by atoms with Crippen molar-refractivity contribution in [2.45, 2.75) is 110 Å². The molecule has 0 amide bonds. The molecule has 172 valence electrons. The molecule has 32 heavy (non-hydrogen) atoms. The maximum absolute atomic E-state index is 2.76. The lowest BCUT2D eigenvalue weighted by Crippen LogP contribution is -2.36. The molecule has 1 fully saturated rings. The molecule has 0 radical (unpaired) electrons. The molecule has 0 spiro atoms. The molecule has 2 nitrogen and oxygen atoms in total. The predicted octanol–water partition coefficient (Wildman–Crippen LogP) is 7.65. The molecule has 0 aliphatic carbocycles. The molecule has 5 rings (SSSR count). The summed E-state index contributed by atoms with van der Waals surface area (Å²) in [5.41, 5.74) is 9.44. The Morgan fingerprint density at radius 2 is 1.56 bits per heavy atom. The Labute approximate surface area is 196 Å². The van der Waals surface area contributed by atoms with Crippen molar-refractivity contribution < 1.29 is 0 Å². The summed E-state index contributed by atoms with van der Waals surface area (Å²) in [6.07, 6.45) is 3.90. The van der Waals surface area contributed by atoms with Crippen LogP contribution in [0.1, 0.15) is 125 Å². The summed E-state index contributed by atoms with van der Waals surface area (Å²) >= 11 is 0. The van der Waals surface area contributed by atoms with Gasteiger partial charge in [0.1, 0.15) is 0 Å². The Bertz CT molecular complexity index is 1000. The minimum Gasteiger partial charge on any atom is -0.290 e. The van der Waals surface area contributed by atoms with Gasteiger partial charge in [-0.05, 0) is 98.7 Å². The van der Waals surface area contributed by atoms with Crippen molar-refractivity contribution in [1.29, 1.82) is 0 Å². The van der Waals surface area contributed by atoms with Gasteiger partial charge in [0.15, 0.2) is 0 Å². The first-order chi connectivity index (χ1) is 15.2. The lowest BCUT2D eigenvalue weighted by atomic mass is 9.87. The van der Waals surface area contributed by atoms with E-state index in [2.05, 4.69) is 94.7 Å². The summed E-state index contributed by atoms with van der Waals surface area (Å²) in [6, 6.07) is 16.6. The van der Waals surface area contributed by atoms with Gasteiger partial charge in [-0.1, -0.05) is 57.2 Å². The number of hydrogen-bond acceptors (Lipinski definition) is 2.